The number of rotatable bonds is 3. The minimum atomic E-state index is -2.98. The third-order valence-electron chi connectivity index (χ3n) is 4.51. The van der Waals surface area contributed by atoms with E-state index in [2.05, 4.69) is 14.7 Å². The summed E-state index contributed by atoms with van der Waals surface area (Å²) < 4.78 is 46.7. The van der Waals surface area contributed by atoms with Crippen LogP contribution in [0.2, 0.25) is 5.02 Å². The highest BCUT2D eigenvalue weighted by Gasteiger charge is 2.23. The molecule has 0 amide bonds. The molecule has 2 aromatic heterocycles. The molecule has 0 spiro atoms. The lowest BCUT2D eigenvalue weighted by Crippen LogP contribution is -2.15. The van der Waals surface area contributed by atoms with E-state index in [0.29, 0.717) is 63.1 Å². The summed E-state index contributed by atoms with van der Waals surface area (Å²) in [6.45, 7) is -0.243. The molecule has 0 atom stereocenters. The Morgan fingerprint density at radius 3 is 2.79 bits per heavy atom. The van der Waals surface area contributed by atoms with Crippen molar-refractivity contribution in [3.63, 3.8) is 0 Å². The molecule has 0 N–H and O–H groups in total. The summed E-state index contributed by atoms with van der Waals surface area (Å²) in [7, 11) is 0. The lowest BCUT2D eigenvalue weighted by molar-refractivity contribution is -0.0528. The van der Waals surface area contributed by atoms with E-state index in [9.17, 15) is 8.78 Å². The van der Waals surface area contributed by atoms with Crippen molar-refractivity contribution >= 4 is 33.6 Å². The standard InChI is InChI=1S/C20H13ClF2N2O4/c1-9-4-10(17-13(5-9)25-16(8-24-17)29-20(22)23)14-6-11-18(28-14)12(21)7-15-19(11)27-3-2-26-15/h4-8,20H,2-3H2,1H3. The molecule has 0 radical (unpaired) electrons. The smallest absolute Gasteiger partial charge is 0.388 e. The van der Waals surface area contributed by atoms with E-state index in [0.717, 1.165) is 11.8 Å². The predicted octanol–water partition coefficient (Wildman–Crippen LogP) is 5.38. The molecule has 0 saturated heterocycles. The van der Waals surface area contributed by atoms with E-state index in [-0.39, 0.29) is 5.88 Å². The fourth-order valence-electron chi connectivity index (χ4n) is 3.38. The largest absolute Gasteiger partial charge is 0.486 e. The van der Waals surface area contributed by atoms with Crippen LogP contribution in [0.4, 0.5) is 8.78 Å². The topological polar surface area (TPSA) is 66.6 Å². The molecular weight excluding hydrogens is 406 g/mol. The summed E-state index contributed by atoms with van der Waals surface area (Å²) in [5, 5.41) is 1.08. The lowest BCUT2D eigenvalue weighted by Gasteiger charge is -2.18. The van der Waals surface area contributed by atoms with Crippen LogP contribution in [0.1, 0.15) is 5.56 Å². The van der Waals surface area contributed by atoms with E-state index >= 15 is 0 Å². The van der Waals surface area contributed by atoms with Gasteiger partial charge in [-0.15, -0.1) is 0 Å². The van der Waals surface area contributed by atoms with E-state index in [1.165, 1.54) is 0 Å². The summed E-state index contributed by atoms with van der Waals surface area (Å²) in [5.74, 6) is 1.37. The molecule has 0 saturated carbocycles. The Hall–Kier alpha value is -3.13. The molecule has 5 rings (SSSR count). The Morgan fingerprint density at radius 2 is 1.97 bits per heavy atom. The number of fused-ring (bicyclic) bond motifs is 4. The monoisotopic (exact) mass is 418 g/mol. The van der Waals surface area contributed by atoms with Crippen LogP contribution < -0.4 is 14.2 Å². The Balaban J connectivity index is 1.71. The fraction of sp³-hybridized carbons (Fsp3) is 0.200. The highest BCUT2D eigenvalue weighted by atomic mass is 35.5. The molecule has 9 heteroatoms. The second kappa shape index (κ2) is 6.73. The van der Waals surface area contributed by atoms with Gasteiger partial charge in [0, 0.05) is 11.6 Å². The van der Waals surface area contributed by atoms with E-state index in [1.54, 1.807) is 18.2 Å². The highest BCUT2D eigenvalue weighted by molar-refractivity contribution is 6.35. The number of halogens is 3. The van der Waals surface area contributed by atoms with Crippen LogP contribution in [-0.4, -0.2) is 29.8 Å². The summed E-state index contributed by atoms with van der Waals surface area (Å²) in [4.78, 5) is 8.39. The Labute approximate surface area is 168 Å². The zero-order valence-electron chi connectivity index (χ0n) is 15.0. The van der Waals surface area contributed by atoms with Gasteiger partial charge < -0.3 is 18.6 Å². The molecule has 1 aliphatic heterocycles. The van der Waals surface area contributed by atoms with E-state index < -0.39 is 6.61 Å². The van der Waals surface area contributed by atoms with Gasteiger partial charge in [0.05, 0.1) is 27.6 Å². The maximum Gasteiger partial charge on any atom is 0.388 e. The van der Waals surface area contributed by atoms with E-state index in [1.807, 2.05) is 13.0 Å². The first-order valence-corrected chi connectivity index (χ1v) is 9.11. The molecule has 1 aliphatic rings. The van der Waals surface area contributed by atoms with Crippen molar-refractivity contribution in [1.82, 2.24) is 9.97 Å². The molecule has 0 fully saturated rings. The normalized spacial score (nSPS) is 13.4. The quantitative estimate of drug-likeness (QED) is 0.445. The number of hydrogen-bond donors (Lipinski definition) is 0. The van der Waals surface area contributed by atoms with Gasteiger partial charge in [0.15, 0.2) is 17.1 Å². The molecule has 6 nitrogen and oxygen atoms in total. The number of hydrogen-bond acceptors (Lipinski definition) is 6. The zero-order valence-corrected chi connectivity index (χ0v) is 15.8. The van der Waals surface area contributed by atoms with Crippen LogP contribution in [0, 0.1) is 6.92 Å². The summed E-state index contributed by atoms with van der Waals surface area (Å²) in [6.07, 6.45) is 1.15. The molecular formula is C20H13ClF2N2O4. The van der Waals surface area contributed by atoms with Gasteiger partial charge in [-0.05, 0) is 30.7 Å². The second-order valence-electron chi connectivity index (χ2n) is 6.50. The first-order valence-electron chi connectivity index (χ1n) is 8.74. The second-order valence-corrected chi connectivity index (χ2v) is 6.91. The minimum Gasteiger partial charge on any atom is -0.486 e. The molecule has 0 bridgehead atoms. The number of benzene rings is 2. The summed E-state index contributed by atoms with van der Waals surface area (Å²) >= 11 is 6.37. The summed E-state index contributed by atoms with van der Waals surface area (Å²) in [5.41, 5.74) is 2.86. The maximum atomic E-state index is 12.5. The number of alkyl halides is 2. The van der Waals surface area contributed by atoms with Gasteiger partial charge in [-0.1, -0.05) is 11.6 Å². The Bertz CT molecular complexity index is 1260. The first kappa shape index (κ1) is 17.9. The van der Waals surface area contributed by atoms with Crippen LogP contribution in [0.3, 0.4) is 0 Å². The van der Waals surface area contributed by atoms with Crippen molar-refractivity contribution in [3.05, 3.63) is 41.0 Å². The van der Waals surface area contributed by atoms with Crippen molar-refractivity contribution in [3.8, 4) is 28.7 Å². The van der Waals surface area contributed by atoms with Gasteiger partial charge in [-0.2, -0.15) is 8.78 Å². The van der Waals surface area contributed by atoms with Crippen molar-refractivity contribution < 1.29 is 27.4 Å². The van der Waals surface area contributed by atoms with Gasteiger partial charge in [0.2, 0.25) is 5.88 Å². The van der Waals surface area contributed by atoms with Gasteiger partial charge in [0.25, 0.3) is 0 Å². The van der Waals surface area contributed by atoms with Crippen LogP contribution in [-0.2, 0) is 0 Å². The van der Waals surface area contributed by atoms with Crippen LogP contribution in [0.15, 0.2) is 34.9 Å². The van der Waals surface area contributed by atoms with Crippen LogP contribution in [0.25, 0.3) is 33.3 Å². The van der Waals surface area contributed by atoms with Crippen molar-refractivity contribution in [2.45, 2.75) is 13.5 Å². The number of ether oxygens (including phenoxy) is 3. The minimum absolute atomic E-state index is 0.253. The third-order valence-corrected chi connectivity index (χ3v) is 4.79. The number of aryl methyl sites for hydroxylation is 1. The molecule has 0 unspecified atom stereocenters. The van der Waals surface area contributed by atoms with Gasteiger partial charge >= 0.3 is 6.61 Å². The van der Waals surface area contributed by atoms with Gasteiger partial charge in [0.1, 0.15) is 19.0 Å². The van der Waals surface area contributed by atoms with Crippen molar-refractivity contribution in [2.75, 3.05) is 13.2 Å². The van der Waals surface area contributed by atoms with Gasteiger partial charge in [-0.25, -0.2) is 9.97 Å². The molecule has 29 heavy (non-hydrogen) atoms. The first-order chi connectivity index (χ1) is 14.0. The predicted molar refractivity (Wildman–Crippen MR) is 102 cm³/mol. The molecule has 148 valence electrons. The third kappa shape index (κ3) is 3.09. The number of aromatic nitrogens is 2. The molecule has 2 aromatic carbocycles. The highest BCUT2D eigenvalue weighted by Crippen LogP contribution is 2.45. The van der Waals surface area contributed by atoms with Crippen LogP contribution >= 0.6 is 11.6 Å². The SMILES string of the molecule is Cc1cc(-c2cc3c4c(cc(Cl)c3o2)OCCO4)c2ncc(OC(F)F)nc2c1. The van der Waals surface area contributed by atoms with E-state index in [4.69, 9.17) is 25.5 Å². The van der Waals surface area contributed by atoms with Crippen molar-refractivity contribution in [2.24, 2.45) is 0 Å². The maximum absolute atomic E-state index is 12.5. The molecule has 4 aromatic rings. The molecule has 3 heterocycles. The summed E-state index contributed by atoms with van der Waals surface area (Å²) in [6, 6.07) is 7.07. The average Bonchev–Trinajstić information content (AvgIpc) is 3.13. The average molecular weight is 419 g/mol. The lowest BCUT2D eigenvalue weighted by atomic mass is 10.1. The Kier molecular flexibility index (Phi) is 4.16. The van der Waals surface area contributed by atoms with Crippen LogP contribution in [0.5, 0.6) is 17.4 Å². The Morgan fingerprint density at radius 1 is 1.14 bits per heavy atom. The molecule has 0 aliphatic carbocycles. The fourth-order valence-corrected chi connectivity index (χ4v) is 3.62. The zero-order chi connectivity index (χ0) is 20.1. The van der Waals surface area contributed by atoms with Gasteiger partial charge in [-0.3, -0.25) is 0 Å². The number of furan rings is 1. The van der Waals surface area contributed by atoms with Crippen molar-refractivity contribution in [1.29, 1.82) is 0 Å². The number of nitrogens with zero attached hydrogens (tertiary/aromatic N) is 2.